The van der Waals surface area contributed by atoms with Crippen LogP contribution >= 0.6 is 0 Å². The maximum atomic E-state index is 11.7. The standard InChI is InChI=1S/C12H23N5O/c1-9(2)15-12(18)8-16(3)11(5-13)10-6-14-17(4)7-10/h6-7,9,11H,5,8,13H2,1-4H3,(H,15,18). The van der Waals surface area contributed by atoms with E-state index in [1.165, 1.54) is 0 Å². The van der Waals surface area contributed by atoms with Gasteiger partial charge in [0.15, 0.2) is 0 Å². The summed E-state index contributed by atoms with van der Waals surface area (Å²) in [6.07, 6.45) is 3.71. The Hall–Kier alpha value is -1.40. The van der Waals surface area contributed by atoms with E-state index in [9.17, 15) is 4.79 Å². The lowest BCUT2D eigenvalue weighted by atomic mass is 10.1. The molecule has 1 heterocycles. The van der Waals surface area contributed by atoms with E-state index in [1.54, 1.807) is 10.9 Å². The number of likely N-dealkylation sites (N-methyl/N-ethyl adjacent to an activating group) is 1. The van der Waals surface area contributed by atoms with Crippen LogP contribution in [0, 0.1) is 0 Å². The van der Waals surface area contributed by atoms with Gasteiger partial charge in [0.2, 0.25) is 5.91 Å². The van der Waals surface area contributed by atoms with Crippen LogP contribution in [0.4, 0.5) is 0 Å². The summed E-state index contributed by atoms with van der Waals surface area (Å²) in [6, 6.07) is 0.164. The number of hydrogen-bond donors (Lipinski definition) is 2. The number of hydrogen-bond acceptors (Lipinski definition) is 4. The third kappa shape index (κ3) is 4.12. The third-order valence-corrected chi connectivity index (χ3v) is 2.71. The highest BCUT2D eigenvalue weighted by Crippen LogP contribution is 2.16. The molecular weight excluding hydrogens is 230 g/mol. The van der Waals surface area contributed by atoms with E-state index in [1.807, 2.05) is 39.0 Å². The minimum atomic E-state index is 0.00911. The molecule has 0 aliphatic rings. The van der Waals surface area contributed by atoms with Crippen molar-refractivity contribution in [3.8, 4) is 0 Å². The molecule has 1 rings (SSSR count). The highest BCUT2D eigenvalue weighted by atomic mass is 16.2. The minimum absolute atomic E-state index is 0.00911. The average Bonchev–Trinajstić information content (AvgIpc) is 2.64. The number of amides is 1. The monoisotopic (exact) mass is 253 g/mol. The Morgan fingerprint density at radius 1 is 1.61 bits per heavy atom. The van der Waals surface area contributed by atoms with Gasteiger partial charge in [-0.2, -0.15) is 5.10 Å². The van der Waals surface area contributed by atoms with Crippen LogP contribution in [0.25, 0.3) is 0 Å². The first kappa shape index (κ1) is 14.7. The molecule has 6 heteroatoms. The van der Waals surface area contributed by atoms with Crippen LogP contribution in [0.1, 0.15) is 25.5 Å². The van der Waals surface area contributed by atoms with Gasteiger partial charge in [0.25, 0.3) is 0 Å². The fourth-order valence-corrected chi connectivity index (χ4v) is 1.89. The Labute approximate surface area is 108 Å². The Kier molecular flexibility index (Phi) is 5.30. The molecule has 18 heavy (non-hydrogen) atoms. The van der Waals surface area contributed by atoms with Crippen molar-refractivity contribution in [2.75, 3.05) is 20.1 Å². The van der Waals surface area contributed by atoms with Crippen LogP contribution in [0.15, 0.2) is 12.4 Å². The lowest BCUT2D eigenvalue weighted by molar-refractivity contribution is -0.122. The predicted octanol–water partition coefficient (Wildman–Crippen LogP) is -0.124. The third-order valence-electron chi connectivity index (χ3n) is 2.71. The van der Waals surface area contributed by atoms with Crippen LogP contribution in [0.2, 0.25) is 0 Å². The summed E-state index contributed by atoms with van der Waals surface area (Å²) in [4.78, 5) is 13.6. The molecule has 6 nitrogen and oxygen atoms in total. The molecule has 0 aliphatic heterocycles. The summed E-state index contributed by atoms with van der Waals surface area (Å²) in [5.74, 6) is 0.00911. The Balaban J connectivity index is 2.62. The van der Waals surface area contributed by atoms with E-state index in [4.69, 9.17) is 5.73 Å². The molecule has 1 unspecified atom stereocenters. The fraction of sp³-hybridized carbons (Fsp3) is 0.667. The highest BCUT2D eigenvalue weighted by molar-refractivity contribution is 5.78. The number of nitrogens with two attached hydrogens (primary N) is 1. The van der Waals surface area contributed by atoms with E-state index in [0.717, 1.165) is 5.56 Å². The van der Waals surface area contributed by atoms with Gasteiger partial charge >= 0.3 is 0 Å². The molecule has 3 N–H and O–H groups in total. The molecule has 0 bridgehead atoms. The normalized spacial score (nSPS) is 13.1. The summed E-state index contributed by atoms with van der Waals surface area (Å²) in [6.45, 7) is 4.67. The van der Waals surface area contributed by atoms with Gasteiger partial charge in [-0.15, -0.1) is 0 Å². The average molecular weight is 253 g/mol. The zero-order valence-corrected chi connectivity index (χ0v) is 11.6. The van der Waals surface area contributed by atoms with Crippen molar-refractivity contribution in [2.45, 2.75) is 25.9 Å². The zero-order chi connectivity index (χ0) is 13.7. The smallest absolute Gasteiger partial charge is 0.234 e. The van der Waals surface area contributed by atoms with Crippen LogP contribution < -0.4 is 11.1 Å². The van der Waals surface area contributed by atoms with Gasteiger partial charge in [-0.3, -0.25) is 14.4 Å². The van der Waals surface area contributed by atoms with E-state index in [2.05, 4.69) is 10.4 Å². The summed E-state index contributed by atoms with van der Waals surface area (Å²) in [7, 11) is 3.76. The lowest BCUT2D eigenvalue weighted by Crippen LogP contribution is -2.41. The quantitative estimate of drug-likeness (QED) is 0.741. The van der Waals surface area contributed by atoms with Crippen molar-refractivity contribution in [1.82, 2.24) is 20.0 Å². The van der Waals surface area contributed by atoms with Gasteiger partial charge in [0.05, 0.1) is 18.8 Å². The lowest BCUT2D eigenvalue weighted by Gasteiger charge is -2.25. The first-order valence-electron chi connectivity index (χ1n) is 6.12. The molecule has 1 aromatic rings. The van der Waals surface area contributed by atoms with Gasteiger partial charge in [-0.05, 0) is 20.9 Å². The molecule has 0 saturated carbocycles. The fourth-order valence-electron chi connectivity index (χ4n) is 1.89. The SMILES string of the molecule is CC(C)NC(=O)CN(C)C(CN)c1cnn(C)c1. The second-order valence-corrected chi connectivity index (χ2v) is 4.84. The second kappa shape index (κ2) is 6.51. The summed E-state index contributed by atoms with van der Waals surface area (Å²) in [5, 5.41) is 7.00. The number of aromatic nitrogens is 2. The predicted molar refractivity (Wildman–Crippen MR) is 70.9 cm³/mol. The van der Waals surface area contributed by atoms with Crippen molar-refractivity contribution in [1.29, 1.82) is 0 Å². The second-order valence-electron chi connectivity index (χ2n) is 4.84. The molecule has 1 amide bonds. The Morgan fingerprint density at radius 3 is 2.72 bits per heavy atom. The van der Waals surface area contributed by atoms with Crippen LogP contribution in [-0.2, 0) is 11.8 Å². The maximum absolute atomic E-state index is 11.7. The highest BCUT2D eigenvalue weighted by Gasteiger charge is 2.19. The molecule has 1 aromatic heterocycles. The number of carbonyl (C=O) groups is 1. The van der Waals surface area contributed by atoms with Gasteiger partial charge in [0.1, 0.15) is 0 Å². The largest absolute Gasteiger partial charge is 0.353 e. The van der Waals surface area contributed by atoms with Gasteiger partial charge in [0, 0.05) is 31.4 Å². The molecule has 0 aliphatic carbocycles. The number of carbonyl (C=O) groups excluding carboxylic acids is 1. The summed E-state index contributed by atoms with van der Waals surface area (Å²) >= 11 is 0. The van der Waals surface area contributed by atoms with Crippen molar-refractivity contribution in [3.05, 3.63) is 18.0 Å². The molecule has 0 saturated heterocycles. The van der Waals surface area contributed by atoms with Crippen molar-refractivity contribution >= 4 is 5.91 Å². The van der Waals surface area contributed by atoms with E-state index in [0.29, 0.717) is 13.1 Å². The summed E-state index contributed by atoms with van der Waals surface area (Å²) in [5.41, 5.74) is 6.81. The maximum Gasteiger partial charge on any atom is 0.234 e. The molecule has 1 atom stereocenters. The first-order valence-corrected chi connectivity index (χ1v) is 6.12. The van der Waals surface area contributed by atoms with Crippen molar-refractivity contribution in [3.63, 3.8) is 0 Å². The number of aryl methyl sites for hydroxylation is 1. The van der Waals surface area contributed by atoms with Gasteiger partial charge in [-0.1, -0.05) is 0 Å². The minimum Gasteiger partial charge on any atom is -0.353 e. The van der Waals surface area contributed by atoms with Crippen LogP contribution in [-0.4, -0.2) is 46.8 Å². The van der Waals surface area contributed by atoms with Gasteiger partial charge < -0.3 is 11.1 Å². The van der Waals surface area contributed by atoms with Crippen LogP contribution in [0.3, 0.4) is 0 Å². The first-order chi connectivity index (χ1) is 8.43. The molecule has 0 spiro atoms. The van der Waals surface area contributed by atoms with E-state index in [-0.39, 0.29) is 18.0 Å². The van der Waals surface area contributed by atoms with Crippen molar-refractivity contribution < 1.29 is 4.79 Å². The van der Waals surface area contributed by atoms with Gasteiger partial charge in [-0.25, -0.2) is 0 Å². The molecule has 102 valence electrons. The number of nitrogens with zero attached hydrogens (tertiary/aromatic N) is 3. The zero-order valence-electron chi connectivity index (χ0n) is 11.6. The summed E-state index contributed by atoms with van der Waals surface area (Å²) < 4.78 is 1.74. The van der Waals surface area contributed by atoms with Crippen molar-refractivity contribution in [2.24, 2.45) is 12.8 Å². The van der Waals surface area contributed by atoms with E-state index >= 15 is 0 Å². The molecule has 0 radical (unpaired) electrons. The molecule has 0 fully saturated rings. The van der Waals surface area contributed by atoms with E-state index < -0.39 is 0 Å². The number of rotatable bonds is 6. The number of nitrogens with one attached hydrogen (secondary N) is 1. The molecular formula is C12H23N5O. The Bertz CT molecular complexity index is 388. The molecule has 0 aromatic carbocycles. The Morgan fingerprint density at radius 2 is 2.28 bits per heavy atom. The van der Waals surface area contributed by atoms with Crippen LogP contribution in [0.5, 0.6) is 0 Å². The topological polar surface area (TPSA) is 76.2 Å².